The van der Waals surface area contributed by atoms with Gasteiger partial charge >= 0.3 is 0 Å². The Bertz CT molecular complexity index is 1040. The number of ether oxygens (including phenoxy) is 1. The van der Waals surface area contributed by atoms with Crippen LogP contribution >= 0.6 is 0 Å². The van der Waals surface area contributed by atoms with Gasteiger partial charge in [0.1, 0.15) is 17.6 Å². The molecule has 1 aromatic carbocycles. The minimum Gasteiger partial charge on any atom is -0.489 e. The summed E-state index contributed by atoms with van der Waals surface area (Å²) in [7, 11) is 0. The highest BCUT2D eigenvalue weighted by molar-refractivity contribution is 6.06. The van der Waals surface area contributed by atoms with E-state index in [9.17, 15) is 19.2 Å². The summed E-state index contributed by atoms with van der Waals surface area (Å²) in [6.07, 6.45) is 6.35. The van der Waals surface area contributed by atoms with Gasteiger partial charge < -0.3 is 26.4 Å². The molecular formula is C22H25N5O5. The molecule has 1 aliphatic carbocycles. The molecule has 10 nitrogen and oxygen atoms in total. The fraction of sp³-hybridized carbons (Fsp3) is 0.364. The molecule has 1 saturated carbocycles. The fourth-order valence-electron chi connectivity index (χ4n) is 3.91. The monoisotopic (exact) mass is 439 g/mol. The predicted molar refractivity (Wildman–Crippen MR) is 113 cm³/mol. The Kier molecular flexibility index (Phi) is 5.85. The zero-order chi connectivity index (χ0) is 22.8. The van der Waals surface area contributed by atoms with Crippen LogP contribution in [0.4, 0.5) is 0 Å². The van der Waals surface area contributed by atoms with Gasteiger partial charge in [0, 0.05) is 36.4 Å². The van der Waals surface area contributed by atoms with E-state index in [1.54, 1.807) is 12.1 Å². The number of benzene rings is 1. The third kappa shape index (κ3) is 4.29. The van der Waals surface area contributed by atoms with Crippen LogP contribution < -0.4 is 22.1 Å². The second-order valence-corrected chi connectivity index (χ2v) is 8.07. The number of nitrogens with one attached hydrogen (secondary N) is 2. The summed E-state index contributed by atoms with van der Waals surface area (Å²) in [4.78, 5) is 50.4. The molecule has 10 heteroatoms. The van der Waals surface area contributed by atoms with Gasteiger partial charge in [-0.2, -0.15) is 0 Å². The molecule has 1 atom stereocenters. The van der Waals surface area contributed by atoms with Crippen molar-refractivity contribution in [3.8, 4) is 0 Å². The van der Waals surface area contributed by atoms with Crippen LogP contribution in [0.5, 0.6) is 0 Å². The number of allylic oxidation sites excluding steroid dienone is 1. The van der Waals surface area contributed by atoms with Crippen molar-refractivity contribution in [1.29, 1.82) is 0 Å². The lowest BCUT2D eigenvalue weighted by Gasteiger charge is -2.29. The van der Waals surface area contributed by atoms with Crippen molar-refractivity contribution in [2.75, 3.05) is 0 Å². The van der Waals surface area contributed by atoms with Gasteiger partial charge in [-0.1, -0.05) is 0 Å². The third-order valence-electron chi connectivity index (χ3n) is 5.86. The van der Waals surface area contributed by atoms with Gasteiger partial charge in [-0.15, -0.1) is 0 Å². The van der Waals surface area contributed by atoms with E-state index >= 15 is 0 Å². The molecule has 3 aliphatic rings. The van der Waals surface area contributed by atoms with Crippen LogP contribution in [0, 0.1) is 0 Å². The van der Waals surface area contributed by atoms with Crippen molar-refractivity contribution in [2.24, 2.45) is 11.5 Å². The standard InChI is InChI=1S/C22H25N5O5/c23-10-15(32-14-2-1-3-14)9-18(24)25-20(29)12-4-5-16-13(8-12)11-27(22(16)31)17-6-7-19(28)26-21(17)30/h4-5,8-10,14,17H,1-3,6-7,11,23-24H2,(H,25,29)(H,26,28,30)/b15-10+,18-9+. The van der Waals surface area contributed by atoms with Crippen molar-refractivity contribution >= 4 is 23.6 Å². The van der Waals surface area contributed by atoms with Crippen LogP contribution in [0.3, 0.4) is 0 Å². The Morgan fingerprint density at radius 2 is 2.00 bits per heavy atom. The smallest absolute Gasteiger partial charge is 0.256 e. The van der Waals surface area contributed by atoms with Gasteiger partial charge in [0.15, 0.2) is 0 Å². The van der Waals surface area contributed by atoms with E-state index in [4.69, 9.17) is 16.2 Å². The number of hydrogen-bond donors (Lipinski definition) is 4. The van der Waals surface area contributed by atoms with Crippen LogP contribution in [-0.4, -0.2) is 40.7 Å². The molecule has 0 radical (unpaired) electrons. The second-order valence-electron chi connectivity index (χ2n) is 8.07. The zero-order valence-corrected chi connectivity index (χ0v) is 17.4. The SMILES string of the molecule is N/C=C(\C=C(/N)NC(=O)c1ccc2c(c1)CN(C1CCC(=O)NC1=O)C2=O)OC1CCC1. The molecule has 4 rings (SSSR count). The maximum atomic E-state index is 12.8. The molecule has 1 aromatic rings. The first kappa shape index (κ1) is 21.4. The molecule has 1 saturated heterocycles. The van der Waals surface area contributed by atoms with Gasteiger partial charge in [0.2, 0.25) is 11.8 Å². The van der Waals surface area contributed by atoms with Crippen LogP contribution in [0.15, 0.2) is 42.1 Å². The van der Waals surface area contributed by atoms with E-state index in [1.165, 1.54) is 23.2 Å². The normalized spacial score (nSPS) is 21.7. The van der Waals surface area contributed by atoms with Gasteiger partial charge in [-0.25, -0.2) is 0 Å². The van der Waals surface area contributed by atoms with Crippen molar-refractivity contribution in [3.05, 3.63) is 58.7 Å². The summed E-state index contributed by atoms with van der Waals surface area (Å²) in [5.74, 6) is -1.11. The maximum absolute atomic E-state index is 12.8. The molecule has 0 bridgehead atoms. The zero-order valence-electron chi connectivity index (χ0n) is 17.4. The van der Waals surface area contributed by atoms with Crippen molar-refractivity contribution < 1.29 is 23.9 Å². The Labute approximate surface area is 184 Å². The number of amides is 4. The first-order chi connectivity index (χ1) is 15.4. The van der Waals surface area contributed by atoms with Gasteiger partial charge in [-0.05, 0) is 49.4 Å². The lowest BCUT2D eigenvalue weighted by Crippen LogP contribution is -2.52. The highest BCUT2D eigenvalue weighted by atomic mass is 16.5. The summed E-state index contributed by atoms with van der Waals surface area (Å²) >= 11 is 0. The Morgan fingerprint density at radius 1 is 1.22 bits per heavy atom. The number of nitrogens with zero attached hydrogens (tertiary/aromatic N) is 1. The van der Waals surface area contributed by atoms with E-state index in [2.05, 4.69) is 10.6 Å². The van der Waals surface area contributed by atoms with Gasteiger partial charge in [0.25, 0.3) is 11.8 Å². The molecule has 32 heavy (non-hydrogen) atoms. The quantitative estimate of drug-likeness (QED) is 0.283. The second kappa shape index (κ2) is 8.74. The molecule has 4 amide bonds. The van der Waals surface area contributed by atoms with Gasteiger partial charge in [-0.3, -0.25) is 24.5 Å². The Hall–Kier alpha value is -3.82. The third-order valence-corrected chi connectivity index (χ3v) is 5.86. The van der Waals surface area contributed by atoms with Crippen LogP contribution in [-0.2, 0) is 20.9 Å². The number of carbonyl (C=O) groups excluding carboxylic acids is 4. The first-order valence-electron chi connectivity index (χ1n) is 10.5. The fourth-order valence-corrected chi connectivity index (χ4v) is 3.91. The van der Waals surface area contributed by atoms with Crippen molar-refractivity contribution in [1.82, 2.24) is 15.5 Å². The summed E-state index contributed by atoms with van der Waals surface area (Å²) in [6.45, 7) is 0.183. The van der Waals surface area contributed by atoms with E-state index < -0.39 is 17.9 Å². The average molecular weight is 439 g/mol. The summed E-state index contributed by atoms with van der Waals surface area (Å²) in [5.41, 5.74) is 12.9. The Balaban J connectivity index is 1.43. The molecule has 2 fully saturated rings. The molecule has 0 spiro atoms. The number of hydrogen-bond acceptors (Lipinski definition) is 7. The minimum atomic E-state index is -0.708. The highest BCUT2D eigenvalue weighted by Gasteiger charge is 2.39. The number of nitrogens with two attached hydrogens (primary N) is 2. The molecule has 1 unspecified atom stereocenters. The molecule has 2 aliphatic heterocycles. The average Bonchev–Trinajstić information content (AvgIpc) is 3.05. The maximum Gasteiger partial charge on any atom is 0.256 e. The van der Waals surface area contributed by atoms with Crippen LogP contribution in [0.1, 0.15) is 58.4 Å². The predicted octanol–water partition coefficient (Wildman–Crippen LogP) is 0.347. The largest absolute Gasteiger partial charge is 0.489 e. The molecule has 6 N–H and O–H groups in total. The van der Waals surface area contributed by atoms with E-state index in [1.807, 2.05) is 0 Å². The van der Waals surface area contributed by atoms with Crippen molar-refractivity contribution in [3.63, 3.8) is 0 Å². The number of rotatable bonds is 6. The topological polar surface area (TPSA) is 157 Å². The molecule has 0 aromatic heterocycles. The van der Waals surface area contributed by atoms with Crippen LogP contribution in [0.25, 0.3) is 0 Å². The Morgan fingerprint density at radius 3 is 2.66 bits per heavy atom. The number of carbonyl (C=O) groups is 4. The number of fused-ring (bicyclic) bond motifs is 1. The van der Waals surface area contributed by atoms with E-state index in [0.717, 1.165) is 19.3 Å². The summed E-state index contributed by atoms with van der Waals surface area (Å²) < 4.78 is 5.68. The van der Waals surface area contributed by atoms with Crippen LogP contribution in [0.2, 0.25) is 0 Å². The van der Waals surface area contributed by atoms with E-state index in [0.29, 0.717) is 22.4 Å². The minimum absolute atomic E-state index is 0.0766. The summed E-state index contributed by atoms with van der Waals surface area (Å²) in [6, 6.07) is 3.98. The van der Waals surface area contributed by atoms with E-state index in [-0.39, 0.29) is 43.1 Å². The first-order valence-corrected chi connectivity index (χ1v) is 10.5. The molecule has 2 heterocycles. The molecular weight excluding hydrogens is 414 g/mol. The number of imide groups is 1. The number of piperidine rings is 1. The molecule has 168 valence electrons. The lowest BCUT2D eigenvalue weighted by atomic mass is 9.96. The van der Waals surface area contributed by atoms with Crippen molar-refractivity contribution in [2.45, 2.75) is 50.8 Å². The highest BCUT2D eigenvalue weighted by Crippen LogP contribution is 2.28. The lowest BCUT2D eigenvalue weighted by molar-refractivity contribution is -0.136. The van der Waals surface area contributed by atoms with Gasteiger partial charge in [0.05, 0.1) is 6.10 Å². The summed E-state index contributed by atoms with van der Waals surface area (Å²) in [5, 5.41) is 4.85.